The lowest BCUT2D eigenvalue weighted by molar-refractivity contribution is -0.124. The minimum Gasteiger partial charge on any atom is -0.484 e. The van der Waals surface area contributed by atoms with Gasteiger partial charge in [-0.05, 0) is 86.0 Å². The fraction of sp³-hybridized carbons (Fsp3) is 0.300. The Hall–Kier alpha value is -3.70. The second kappa shape index (κ2) is 14.3. The van der Waals surface area contributed by atoms with E-state index in [1.165, 1.54) is 24.8 Å². The third-order valence-electron chi connectivity index (χ3n) is 6.63. The van der Waals surface area contributed by atoms with Gasteiger partial charge in [-0.15, -0.1) is 0 Å². The van der Waals surface area contributed by atoms with Crippen molar-refractivity contribution in [3.05, 3.63) is 88.4 Å². The number of aryl methyl sites for hydroxylation is 1. The number of sulfonamides is 1. The number of hydrazone groups is 1. The van der Waals surface area contributed by atoms with E-state index in [9.17, 15) is 18.0 Å². The topological polar surface area (TPSA) is 117 Å². The van der Waals surface area contributed by atoms with Gasteiger partial charge in [0.2, 0.25) is 0 Å². The molecule has 0 saturated heterocycles. The van der Waals surface area contributed by atoms with E-state index in [-0.39, 0.29) is 23.5 Å². The quantitative estimate of drug-likeness (QED) is 0.228. The molecule has 0 heterocycles. The van der Waals surface area contributed by atoms with Crippen LogP contribution in [0.5, 0.6) is 5.75 Å². The summed E-state index contributed by atoms with van der Waals surface area (Å²) in [7, 11) is -4.02. The molecule has 0 spiro atoms. The number of ether oxygens (including phenoxy) is 1. The molecule has 0 atom stereocenters. The number of benzene rings is 3. The van der Waals surface area contributed by atoms with Crippen LogP contribution >= 0.6 is 15.9 Å². The number of anilines is 1. The highest BCUT2D eigenvalue weighted by molar-refractivity contribution is 9.10. The summed E-state index contributed by atoms with van der Waals surface area (Å²) in [6.45, 7) is 1.34. The number of carbonyl (C=O) groups excluding carboxylic acids is 2. The summed E-state index contributed by atoms with van der Waals surface area (Å²) < 4.78 is 34.3. The number of hydrogen-bond donors (Lipinski definition) is 2. The van der Waals surface area contributed by atoms with E-state index in [4.69, 9.17) is 4.74 Å². The SMILES string of the molecule is Cc1ccc(S(=O)(=O)N(CC(=O)N/N=C\c2ccc(OCC(=O)NC3CCCCC3)cc2)c2ccc(Br)cc2)cc1. The number of hydrogen-bond acceptors (Lipinski definition) is 6. The van der Waals surface area contributed by atoms with Gasteiger partial charge < -0.3 is 10.1 Å². The molecule has 41 heavy (non-hydrogen) atoms. The largest absolute Gasteiger partial charge is 0.484 e. The molecule has 3 aromatic carbocycles. The summed E-state index contributed by atoms with van der Waals surface area (Å²) >= 11 is 3.35. The van der Waals surface area contributed by atoms with Crippen LogP contribution in [0.25, 0.3) is 0 Å². The molecule has 2 amide bonds. The maximum Gasteiger partial charge on any atom is 0.264 e. The highest BCUT2D eigenvalue weighted by Crippen LogP contribution is 2.25. The second-order valence-corrected chi connectivity index (χ2v) is 12.6. The average Bonchev–Trinajstić information content (AvgIpc) is 2.97. The summed E-state index contributed by atoms with van der Waals surface area (Å²) in [4.78, 5) is 25.0. The zero-order valence-electron chi connectivity index (χ0n) is 22.8. The Bertz CT molecular complexity index is 1450. The molecule has 2 N–H and O–H groups in total. The molecule has 0 radical (unpaired) electrons. The minimum atomic E-state index is -4.02. The fourth-order valence-corrected chi connectivity index (χ4v) is 6.11. The molecule has 0 aromatic heterocycles. The van der Waals surface area contributed by atoms with E-state index < -0.39 is 22.5 Å². The molecule has 0 bridgehead atoms. The van der Waals surface area contributed by atoms with Gasteiger partial charge in [-0.3, -0.25) is 13.9 Å². The van der Waals surface area contributed by atoms with Crippen LogP contribution in [0, 0.1) is 6.92 Å². The number of halogens is 1. The van der Waals surface area contributed by atoms with Crippen molar-refractivity contribution in [1.29, 1.82) is 0 Å². The van der Waals surface area contributed by atoms with Gasteiger partial charge in [-0.2, -0.15) is 5.10 Å². The Labute approximate surface area is 249 Å². The molecule has 11 heteroatoms. The number of nitrogens with one attached hydrogen (secondary N) is 2. The fourth-order valence-electron chi connectivity index (χ4n) is 4.42. The lowest BCUT2D eigenvalue weighted by Crippen LogP contribution is -2.39. The van der Waals surface area contributed by atoms with Crippen LogP contribution in [0.3, 0.4) is 0 Å². The smallest absolute Gasteiger partial charge is 0.264 e. The molecule has 1 fully saturated rings. The van der Waals surface area contributed by atoms with E-state index in [0.717, 1.165) is 40.0 Å². The van der Waals surface area contributed by atoms with Crippen molar-refractivity contribution in [2.45, 2.75) is 50.0 Å². The average molecular weight is 642 g/mol. The van der Waals surface area contributed by atoms with Crippen LogP contribution in [-0.2, 0) is 19.6 Å². The number of carbonyl (C=O) groups is 2. The zero-order valence-corrected chi connectivity index (χ0v) is 25.2. The van der Waals surface area contributed by atoms with Crippen LogP contribution in [0.2, 0.25) is 0 Å². The van der Waals surface area contributed by atoms with Crippen LogP contribution < -0.4 is 19.8 Å². The van der Waals surface area contributed by atoms with Gasteiger partial charge in [-0.1, -0.05) is 52.9 Å². The summed E-state index contributed by atoms with van der Waals surface area (Å²) in [5, 5.41) is 7.00. The van der Waals surface area contributed by atoms with Crippen molar-refractivity contribution >= 4 is 49.7 Å². The Morgan fingerprint density at radius 2 is 1.61 bits per heavy atom. The first-order chi connectivity index (χ1) is 19.7. The molecular weight excluding hydrogens is 608 g/mol. The number of nitrogens with zero attached hydrogens (tertiary/aromatic N) is 2. The third-order valence-corrected chi connectivity index (χ3v) is 8.95. The van der Waals surface area contributed by atoms with Crippen molar-refractivity contribution in [2.24, 2.45) is 5.10 Å². The predicted octanol–water partition coefficient (Wildman–Crippen LogP) is 4.93. The number of amides is 2. The Balaban J connectivity index is 1.33. The molecule has 4 rings (SSSR count). The molecule has 1 saturated carbocycles. The zero-order chi connectivity index (χ0) is 29.2. The molecule has 1 aliphatic carbocycles. The molecule has 0 unspecified atom stereocenters. The highest BCUT2D eigenvalue weighted by atomic mass is 79.9. The van der Waals surface area contributed by atoms with Gasteiger partial charge in [0.25, 0.3) is 21.8 Å². The maximum absolute atomic E-state index is 13.4. The van der Waals surface area contributed by atoms with Crippen LogP contribution in [0.4, 0.5) is 5.69 Å². The van der Waals surface area contributed by atoms with E-state index in [1.54, 1.807) is 60.7 Å². The summed E-state index contributed by atoms with van der Waals surface area (Å²) in [5.74, 6) is -0.202. The maximum atomic E-state index is 13.4. The first-order valence-corrected chi connectivity index (χ1v) is 15.6. The van der Waals surface area contributed by atoms with Gasteiger partial charge in [0.05, 0.1) is 16.8 Å². The van der Waals surface area contributed by atoms with Crippen molar-refractivity contribution < 1.29 is 22.7 Å². The molecule has 0 aliphatic heterocycles. The van der Waals surface area contributed by atoms with Crippen LogP contribution in [0.1, 0.15) is 43.2 Å². The lowest BCUT2D eigenvalue weighted by Gasteiger charge is -2.23. The minimum absolute atomic E-state index is 0.0552. The Morgan fingerprint density at radius 1 is 0.951 bits per heavy atom. The molecule has 1 aliphatic rings. The third kappa shape index (κ3) is 8.89. The van der Waals surface area contributed by atoms with Gasteiger partial charge in [-0.25, -0.2) is 13.8 Å². The van der Waals surface area contributed by atoms with Gasteiger partial charge >= 0.3 is 0 Å². The second-order valence-electron chi connectivity index (χ2n) is 9.85. The van der Waals surface area contributed by atoms with Crippen molar-refractivity contribution in [3.63, 3.8) is 0 Å². The highest BCUT2D eigenvalue weighted by Gasteiger charge is 2.27. The normalized spacial score (nSPS) is 14.0. The van der Waals surface area contributed by atoms with Crippen LogP contribution in [-0.4, -0.2) is 45.6 Å². The first kappa shape index (κ1) is 30.3. The van der Waals surface area contributed by atoms with E-state index in [1.807, 2.05) is 6.92 Å². The predicted molar refractivity (Wildman–Crippen MR) is 163 cm³/mol. The summed E-state index contributed by atoms with van der Waals surface area (Å²) in [6.07, 6.45) is 6.98. The molecule has 3 aromatic rings. The summed E-state index contributed by atoms with van der Waals surface area (Å²) in [5.41, 5.74) is 4.35. The Morgan fingerprint density at radius 3 is 2.27 bits per heavy atom. The van der Waals surface area contributed by atoms with E-state index >= 15 is 0 Å². The molecule has 9 nitrogen and oxygen atoms in total. The van der Waals surface area contributed by atoms with E-state index in [2.05, 4.69) is 31.8 Å². The van der Waals surface area contributed by atoms with Crippen molar-refractivity contribution in [3.8, 4) is 5.75 Å². The van der Waals surface area contributed by atoms with Gasteiger partial charge in [0, 0.05) is 10.5 Å². The van der Waals surface area contributed by atoms with Crippen LogP contribution in [0.15, 0.2) is 87.3 Å². The monoisotopic (exact) mass is 640 g/mol. The first-order valence-electron chi connectivity index (χ1n) is 13.4. The number of rotatable bonds is 11. The van der Waals surface area contributed by atoms with Crippen molar-refractivity contribution in [1.82, 2.24) is 10.7 Å². The standard InChI is InChI=1S/C30H33BrN4O5S/c1-22-7-17-28(18-8-22)41(38,39)35(26-13-11-24(31)12-14-26)20-29(36)34-32-19-23-9-15-27(16-10-23)40-21-30(37)33-25-5-3-2-4-6-25/h7-19,25H,2-6,20-21H2,1H3,(H,33,37)(H,34,36)/b32-19-. The Kier molecular flexibility index (Phi) is 10.5. The van der Waals surface area contributed by atoms with E-state index in [0.29, 0.717) is 17.0 Å². The van der Waals surface area contributed by atoms with Gasteiger partial charge in [0.1, 0.15) is 12.3 Å². The molecular formula is C30H33BrN4O5S. The molecule has 216 valence electrons. The van der Waals surface area contributed by atoms with Crippen molar-refractivity contribution in [2.75, 3.05) is 17.5 Å². The lowest BCUT2D eigenvalue weighted by atomic mass is 9.95. The summed E-state index contributed by atoms with van der Waals surface area (Å²) in [6, 6.07) is 20.2. The van der Waals surface area contributed by atoms with Gasteiger partial charge in [0.15, 0.2) is 6.61 Å².